The van der Waals surface area contributed by atoms with Crippen LogP contribution in [0, 0.1) is 0 Å². The predicted molar refractivity (Wildman–Crippen MR) is 59.9 cm³/mol. The monoisotopic (exact) mass is 212 g/mol. The third-order valence-electron chi connectivity index (χ3n) is 2.74. The third-order valence-corrected chi connectivity index (χ3v) is 2.74. The summed E-state index contributed by atoms with van der Waals surface area (Å²) in [6.45, 7) is 3.42. The first-order chi connectivity index (χ1) is 7.24. The molecular weight excluding hydrogens is 192 g/mol. The summed E-state index contributed by atoms with van der Waals surface area (Å²) in [6, 6.07) is 0.573. The Kier molecular flexibility index (Phi) is 3.43. The van der Waals surface area contributed by atoms with Crippen molar-refractivity contribution in [3.05, 3.63) is 0 Å². The summed E-state index contributed by atoms with van der Waals surface area (Å²) < 4.78 is 5.59. The van der Waals surface area contributed by atoms with Crippen molar-refractivity contribution in [3.8, 4) is 0 Å². The summed E-state index contributed by atoms with van der Waals surface area (Å²) >= 11 is 0. The highest BCUT2D eigenvalue weighted by Crippen LogP contribution is 2.18. The SMILES string of the molecule is CN1CCO[C@@H](CN=C(N)NC2CC2)C1. The molecule has 0 bridgehead atoms. The molecule has 86 valence electrons. The maximum Gasteiger partial charge on any atom is 0.188 e. The van der Waals surface area contributed by atoms with Crippen molar-refractivity contribution >= 4 is 5.96 Å². The first-order valence-corrected chi connectivity index (χ1v) is 5.60. The third kappa shape index (κ3) is 3.68. The molecular formula is C10H20N4O. The van der Waals surface area contributed by atoms with Crippen molar-refractivity contribution in [3.63, 3.8) is 0 Å². The van der Waals surface area contributed by atoms with Gasteiger partial charge in [-0.15, -0.1) is 0 Å². The van der Waals surface area contributed by atoms with Crippen molar-refractivity contribution < 1.29 is 4.74 Å². The lowest BCUT2D eigenvalue weighted by Crippen LogP contribution is -2.42. The number of morpholine rings is 1. The van der Waals surface area contributed by atoms with Crippen LogP contribution in [0.1, 0.15) is 12.8 Å². The molecule has 2 rings (SSSR count). The molecule has 1 aliphatic heterocycles. The van der Waals surface area contributed by atoms with Crippen LogP contribution in [0.4, 0.5) is 0 Å². The van der Waals surface area contributed by atoms with E-state index in [9.17, 15) is 0 Å². The van der Waals surface area contributed by atoms with Gasteiger partial charge in [0.15, 0.2) is 5.96 Å². The van der Waals surface area contributed by atoms with Crippen molar-refractivity contribution in [2.24, 2.45) is 10.7 Å². The number of nitrogens with one attached hydrogen (secondary N) is 1. The van der Waals surface area contributed by atoms with Gasteiger partial charge in [-0.25, -0.2) is 0 Å². The van der Waals surface area contributed by atoms with Crippen molar-refractivity contribution in [1.82, 2.24) is 10.2 Å². The zero-order valence-corrected chi connectivity index (χ0v) is 9.28. The van der Waals surface area contributed by atoms with E-state index in [1.54, 1.807) is 0 Å². The number of hydrogen-bond donors (Lipinski definition) is 2. The van der Waals surface area contributed by atoms with Crippen LogP contribution in [0.2, 0.25) is 0 Å². The molecule has 1 saturated heterocycles. The van der Waals surface area contributed by atoms with Gasteiger partial charge in [0.25, 0.3) is 0 Å². The molecule has 0 radical (unpaired) electrons. The topological polar surface area (TPSA) is 62.9 Å². The molecule has 0 unspecified atom stereocenters. The molecule has 0 amide bonds. The van der Waals surface area contributed by atoms with Crippen LogP contribution >= 0.6 is 0 Å². The lowest BCUT2D eigenvalue weighted by Gasteiger charge is -2.29. The van der Waals surface area contributed by atoms with Crippen LogP contribution in [0.25, 0.3) is 0 Å². The zero-order valence-electron chi connectivity index (χ0n) is 9.28. The normalized spacial score (nSPS) is 29.1. The van der Waals surface area contributed by atoms with E-state index >= 15 is 0 Å². The summed E-state index contributed by atoms with van der Waals surface area (Å²) in [7, 11) is 2.10. The van der Waals surface area contributed by atoms with Gasteiger partial charge in [-0.05, 0) is 19.9 Å². The minimum Gasteiger partial charge on any atom is -0.374 e. The highest BCUT2D eigenvalue weighted by atomic mass is 16.5. The van der Waals surface area contributed by atoms with E-state index in [1.165, 1.54) is 12.8 Å². The van der Waals surface area contributed by atoms with Crippen LogP contribution < -0.4 is 11.1 Å². The summed E-state index contributed by atoms with van der Waals surface area (Å²) in [6.07, 6.45) is 2.64. The number of nitrogens with zero attached hydrogens (tertiary/aromatic N) is 2. The van der Waals surface area contributed by atoms with Gasteiger partial charge in [-0.1, -0.05) is 0 Å². The first-order valence-electron chi connectivity index (χ1n) is 5.60. The van der Waals surface area contributed by atoms with Crippen LogP contribution in [-0.4, -0.2) is 56.3 Å². The molecule has 2 fully saturated rings. The van der Waals surface area contributed by atoms with E-state index in [1.807, 2.05) is 0 Å². The molecule has 0 aromatic heterocycles. The molecule has 5 nitrogen and oxygen atoms in total. The van der Waals surface area contributed by atoms with Gasteiger partial charge in [0.1, 0.15) is 0 Å². The Hall–Kier alpha value is -0.810. The highest BCUT2D eigenvalue weighted by Gasteiger charge is 2.22. The van der Waals surface area contributed by atoms with Gasteiger partial charge in [0.2, 0.25) is 0 Å². The Morgan fingerprint density at radius 1 is 1.60 bits per heavy atom. The molecule has 1 saturated carbocycles. The largest absolute Gasteiger partial charge is 0.374 e. The van der Waals surface area contributed by atoms with Crippen LogP contribution in [0.3, 0.4) is 0 Å². The van der Waals surface area contributed by atoms with Gasteiger partial charge < -0.3 is 20.7 Å². The predicted octanol–water partition coefficient (Wildman–Crippen LogP) is -0.616. The first kappa shape index (κ1) is 10.7. The Balaban J connectivity index is 1.70. The number of aliphatic imine (C=N–C) groups is 1. The molecule has 0 aromatic carbocycles. The molecule has 15 heavy (non-hydrogen) atoms. The average molecular weight is 212 g/mol. The lowest BCUT2D eigenvalue weighted by atomic mass is 10.3. The maximum atomic E-state index is 5.74. The van der Waals surface area contributed by atoms with Crippen LogP contribution in [-0.2, 0) is 4.74 Å². The number of rotatable bonds is 3. The van der Waals surface area contributed by atoms with Crippen molar-refractivity contribution in [2.75, 3.05) is 33.3 Å². The minimum atomic E-state index is 0.198. The fourth-order valence-electron chi connectivity index (χ4n) is 1.66. The number of ether oxygens (including phenoxy) is 1. The molecule has 0 aromatic rings. The Bertz CT molecular complexity index is 240. The van der Waals surface area contributed by atoms with E-state index in [-0.39, 0.29) is 6.10 Å². The second kappa shape index (κ2) is 4.81. The summed E-state index contributed by atoms with van der Waals surface area (Å²) in [4.78, 5) is 6.55. The standard InChI is InChI=1S/C10H20N4O/c1-14-4-5-15-9(7-14)6-12-10(11)13-8-2-3-8/h8-9H,2-7H2,1H3,(H3,11,12,13)/t9-/m0/s1. The summed E-state index contributed by atoms with van der Waals surface area (Å²) in [5.74, 6) is 0.564. The van der Waals surface area contributed by atoms with Crippen molar-refractivity contribution in [2.45, 2.75) is 25.0 Å². The number of nitrogens with two attached hydrogens (primary N) is 1. The van der Waals surface area contributed by atoms with E-state index in [0.29, 0.717) is 18.5 Å². The van der Waals surface area contributed by atoms with E-state index in [0.717, 1.165) is 19.7 Å². The van der Waals surface area contributed by atoms with Crippen LogP contribution in [0.15, 0.2) is 4.99 Å². The van der Waals surface area contributed by atoms with Crippen LogP contribution in [0.5, 0.6) is 0 Å². The smallest absolute Gasteiger partial charge is 0.188 e. The molecule has 5 heteroatoms. The fraction of sp³-hybridized carbons (Fsp3) is 0.900. The Labute approximate surface area is 90.7 Å². The quantitative estimate of drug-likeness (QED) is 0.483. The van der Waals surface area contributed by atoms with E-state index in [4.69, 9.17) is 10.5 Å². The fourth-order valence-corrected chi connectivity index (χ4v) is 1.66. The minimum absolute atomic E-state index is 0.198. The Morgan fingerprint density at radius 3 is 3.07 bits per heavy atom. The molecule has 1 aliphatic carbocycles. The van der Waals surface area contributed by atoms with E-state index in [2.05, 4.69) is 22.3 Å². The van der Waals surface area contributed by atoms with E-state index < -0.39 is 0 Å². The number of hydrogen-bond acceptors (Lipinski definition) is 3. The second-order valence-electron chi connectivity index (χ2n) is 4.40. The van der Waals surface area contributed by atoms with Gasteiger partial charge in [0.05, 0.1) is 19.3 Å². The Morgan fingerprint density at radius 2 is 2.40 bits per heavy atom. The van der Waals surface area contributed by atoms with Gasteiger partial charge in [-0.2, -0.15) is 0 Å². The average Bonchev–Trinajstić information content (AvgIpc) is 2.99. The number of likely N-dealkylation sites (N-methyl/N-ethyl adjacent to an activating group) is 1. The van der Waals surface area contributed by atoms with Crippen molar-refractivity contribution in [1.29, 1.82) is 0 Å². The maximum absolute atomic E-state index is 5.74. The molecule has 2 aliphatic rings. The number of guanidine groups is 1. The zero-order chi connectivity index (χ0) is 10.7. The van der Waals surface area contributed by atoms with Gasteiger partial charge >= 0.3 is 0 Å². The molecule has 1 atom stereocenters. The van der Waals surface area contributed by atoms with Gasteiger partial charge in [0, 0.05) is 19.1 Å². The highest BCUT2D eigenvalue weighted by molar-refractivity contribution is 5.78. The molecule has 1 heterocycles. The summed E-state index contributed by atoms with van der Waals surface area (Å²) in [5.41, 5.74) is 5.74. The summed E-state index contributed by atoms with van der Waals surface area (Å²) in [5, 5.41) is 3.16. The lowest BCUT2D eigenvalue weighted by molar-refractivity contribution is -0.0136. The molecule has 3 N–H and O–H groups in total. The molecule has 0 spiro atoms. The second-order valence-corrected chi connectivity index (χ2v) is 4.40. The van der Waals surface area contributed by atoms with Gasteiger partial charge in [-0.3, -0.25) is 4.99 Å².